The molecule has 1 aliphatic rings. The van der Waals surface area contributed by atoms with Crippen LogP contribution in [0.3, 0.4) is 0 Å². The van der Waals surface area contributed by atoms with Crippen LogP contribution in [0.25, 0.3) is 0 Å². The van der Waals surface area contributed by atoms with Crippen molar-refractivity contribution in [2.45, 2.75) is 24.2 Å². The molecule has 0 spiro atoms. The molecule has 1 unspecified atom stereocenters. The maximum absolute atomic E-state index is 10.7. The largest absolute Gasteiger partial charge is 1.00 e. The standard InChI is InChI=1S/C9H11NO4S.Na/c11-9(15(12,13)14)7-2-1-5-10-8(7)6-3-4-6;/h1-2,5-6,9,11H,3-4H2,(H,12,13,14);/q;+1/p-1. The van der Waals surface area contributed by atoms with Gasteiger partial charge in [-0.2, -0.15) is 0 Å². The van der Waals surface area contributed by atoms with Gasteiger partial charge in [-0.15, -0.1) is 0 Å². The molecule has 1 saturated carbocycles. The summed E-state index contributed by atoms with van der Waals surface area (Å²) in [7, 11) is -4.72. The summed E-state index contributed by atoms with van der Waals surface area (Å²) in [5.41, 5.74) is -1.35. The zero-order valence-corrected chi connectivity index (χ0v) is 11.6. The van der Waals surface area contributed by atoms with Crippen molar-refractivity contribution in [2.75, 3.05) is 0 Å². The van der Waals surface area contributed by atoms with E-state index in [-0.39, 0.29) is 41.0 Å². The third-order valence-corrected chi connectivity index (χ3v) is 3.18. The monoisotopic (exact) mass is 251 g/mol. The summed E-state index contributed by atoms with van der Waals surface area (Å²) in [6.07, 6.45) is 3.38. The second kappa shape index (κ2) is 5.12. The van der Waals surface area contributed by atoms with Crippen molar-refractivity contribution < 1.29 is 47.6 Å². The quantitative estimate of drug-likeness (QED) is 0.473. The molecule has 1 fully saturated rings. The molecule has 0 aliphatic heterocycles. The predicted molar refractivity (Wildman–Crippen MR) is 50.9 cm³/mol. The Morgan fingerprint density at radius 3 is 2.62 bits per heavy atom. The summed E-state index contributed by atoms with van der Waals surface area (Å²) in [5.74, 6) is 0.192. The first kappa shape index (κ1) is 14.1. The average molecular weight is 251 g/mol. The van der Waals surface area contributed by atoms with E-state index in [0.717, 1.165) is 12.8 Å². The molecule has 0 bridgehead atoms. The van der Waals surface area contributed by atoms with Crippen LogP contribution in [0.1, 0.15) is 35.5 Å². The molecule has 0 amide bonds. The number of aliphatic hydroxyl groups excluding tert-OH is 1. The Morgan fingerprint density at radius 1 is 1.50 bits per heavy atom. The van der Waals surface area contributed by atoms with Gasteiger partial charge in [0.15, 0.2) is 5.44 Å². The van der Waals surface area contributed by atoms with Crippen LogP contribution in [-0.4, -0.2) is 23.1 Å². The first-order chi connectivity index (χ1) is 7.00. The van der Waals surface area contributed by atoms with Crippen LogP contribution in [0.15, 0.2) is 18.3 Å². The second-order valence-corrected chi connectivity index (χ2v) is 5.03. The molecule has 5 nitrogen and oxygen atoms in total. The molecule has 1 heterocycles. The van der Waals surface area contributed by atoms with Crippen LogP contribution in [0.2, 0.25) is 0 Å². The fraction of sp³-hybridized carbons (Fsp3) is 0.444. The molecule has 0 radical (unpaired) electrons. The fourth-order valence-electron chi connectivity index (χ4n) is 1.49. The van der Waals surface area contributed by atoms with Crippen LogP contribution in [0, 0.1) is 0 Å². The van der Waals surface area contributed by atoms with E-state index in [1.807, 2.05) is 0 Å². The van der Waals surface area contributed by atoms with Gasteiger partial charge in [-0.3, -0.25) is 4.98 Å². The minimum atomic E-state index is -4.72. The molecule has 0 saturated heterocycles. The first-order valence-corrected chi connectivity index (χ1v) is 6.05. The number of rotatable bonds is 3. The summed E-state index contributed by atoms with van der Waals surface area (Å²) in [5, 5.41) is 9.37. The Bertz CT molecular complexity index is 472. The fourth-order valence-corrected chi connectivity index (χ4v) is 2.00. The van der Waals surface area contributed by atoms with E-state index in [1.165, 1.54) is 18.3 Å². The minimum Gasteiger partial charge on any atom is -0.746 e. The van der Waals surface area contributed by atoms with Crippen LogP contribution < -0.4 is 29.6 Å². The van der Waals surface area contributed by atoms with E-state index < -0.39 is 15.6 Å². The Morgan fingerprint density at radius 2 is 2.12 bits per heavy atom. The van der Waals surface area contributed by atoms with Crippen molar-refractivity contribution in [1.82, 2.24) is 4.98 Å². The van der Waals surface area contributed by atoms with Crippen LogP contribution in [0.5, 0.6) is 0 Å². The number of nitrogens with zero attached hydrogens (tertiary/aromatic N) is 1. The Balaban J connectivity index is 0.00000128. The molecule has 7 heteroatoms. The van der Waals surface area contributed by atoms with Crippen molar-refractivity contribution in [3.63, 3.8) is 0 Å². The zero-order valence-electron chi connectivity index (χ0n) is 8.83. The molecule has 0 aromatic carbocycles. The summed E-state index contributed by atoms with van der Waals surface area (Å²) in [4.78, 5) is 4.01. The number of hydrogen-bond donors (Lipinski definition) is 1. The topological polar surface area (TPSA) is 90.3 Å². The van der Waals surface area contributed by atoms with Crippen molar-refractivity contribution in [1.29, 1.82) is 0 Å². The molecule has 1 atom stereocenters. The Labute approximate surface area is 116 Å². The van der Waals surface area contributed by atoms with Gasteiger partial charge in [0.05, 0.1) is 5.69 Å². The SMILES string of the molecule is O=S(=O)([O-])C(O)c1cccnc1C1CC1.[Na+]. The molecule has 1 aliphatic carbocycles. The van der Waals surface area contributed by atoms with Gasteiger partial charge in [-0.1, -0.05) is 6.07 Å². The van der Waals surface area contributed by atoms with Gasteiger partial charge in [0, 0.05) is 17.7 Å². The summed E-state index contributed by atoms with van der Waals surface area (Å²) >= 11 is 0. The average Bonchev–Trinajstić information content (AvgIpc) is 2.98. The molecular formula is C9H10NNaO4S. The maximum atomic E-state index is 10.7. The number of hydrogen-bond acceptors (Lipinski definition) is 5. The van der Waals surface area contributed by atoms with Gasteiger partial charge in [0.2, 0.25) is 0 Å². The predicted octanol–water partition coefficient (Wildman–Crippen LogP) is -2.50. The van der Waals surface area contributed by atoms with Crippen molar-refractivity contribution >= 4 is 10.1 Å². The van der Waals surface area contributed by atoms with Gasteiger partial charge in [-0.25, -0.2) is 8.42 Å². The molecule has 1 aromatic rings. The zero-order chi connectivity index (χ0) is 11.1. The molecule has 1 N–H and O–H groups in total. The minimum absolute atomic E-state index is 0. The molecule has 1 aromatic heterocycles. The normalized spacial score (nSPS) is 17.6. The maximum Gasteiger partial charge on any atom is 1.00 e. The third-order valence-electron chi connectivity index (χ3n) is 2.37. The van der Waals surface area contributed by atoms with Crippen LogP contribution >= 0.6 is 0 Å². The Hall–Kier alpha value is 0.0200. The smallest absolute Gasteiger partial charge is 0.746 e. The van der Waals surface area contributed by atoms with E-state index in [1.54, 1.807) is 0 Å². The van der Waals surface area contributed by atoms with Crippen LogP contribution in [-0.2, 0) is 10.1 Å². The van der Waals surface area contributed by atoms with Gasteiger partial charge < -0.3 is 9.66 Å². The molecule has 2 rings (SSSR count). The van der Waals surface area contributed by atoms with E-state index in [0.29, 0.717) is 5.69 Å². The number of pyridine rings is 1. The third kappa shape index (κ3) is 3.03. The van der Waals surface area contributed by atoms with E-state index in [4.69, 9.17) is 0 Å². The molecule has 82 valence electrons. The molecule has 16 heavy (non-hydrogen) atoms. The summed E-state index contributed by atoms with van der Waals surface area (Å²) in [6.45, 7) is 0. The summed E-state index contributed by atoms with van der Waals surface area (Å²) in [6, 6.07) is 2.94. The van der Waals surface area contributed by atoms with E-state index in [9.17, 15) is 18.1 Å². The molecular weight excluding hydrogens is 241 g/mol. The van der Waals surface area contributed by atoms with Crippen molar-refractivity contribution in [2.24, 2.45) is 0 Å². The number of aromatic nitrogens is 1. The van der Waals surface area contributed by atoms with Gasteiger partial charge in [0.1, 0.15) is 10.1 Å². The van der Waals surface area contributed by atoms with E-state index in [2.05, 4.69) is 4.98 Å². The number of aliphatic hydroxyl groups is 1. The second-order valence-electron chi connectivity index (χ2n) is 3.60. The first-order valence-electron chi connectivity index (χ1n) is 4.57. The van der Waals surface area contributed by atoms with E-state index >= 15 is 0 Å². The summed E-state index contributed by atoms with van der Waals surface area (Å²) < 4.78 is 32.1. The van der Waals surface area contributed by atoms with Crippen molar-refractivity contribution in [3.8, 4) is 0 Å². The van der Waals surface area contributed by atoms with Gasteiger partial charge in [-0.05, 0) is 18.9 Å². The van der Waals surface area contributed by atoms with Gasteiger partial charge in [0.25, 0.3) is 0 Å². The Kier molecular flexibility index (Phi) is 4.50. The van der Waals surface area contributed by atoms with Crippen molar-refractivity contribution in [3.05, 3.63) is 29.6 Å². The van der Waals surface area contributed by atoms with Gasteiger partial charge >= 0.3 is 29.6 Å². The van der Waals surface area contributed by atoms with Crippen LogP contribution in [0.4, 0.5) is 0 Å².